The number of hydrogen-bond donors (Lipinski definition) is 0. The van der Waals surface area contributed by atoms with Crippen LogP contribution in [0.25, 0.3) is 0 Å². The molecule has 25 heavy (non-hydrogen) atoms. The third-order valence-corrected chi connectivity index (χ3v) is 8.76. The number of fused-ring (bicyclic) bond motifs is 1. The average molecular weight is 359 g/mol. The molecule has 1 aliphatic carbocycles. The van der Waals surface area contributed by atoms with Gasteiger partial charge in [0.15, 0.2) is 15.4 Å². The standard InChI is InChI=1S/C19H21NO4S/c1-12-17-18(25(22,23)13-7-3-2-4-8-13)14-11-16(21)24-19(14,17)15-9-5-6-10-20(12)15/h2-4,7-8,11-12,15,17-18H,5-6,9-10H2,1H3/t12-,15?,17?,18?,19-/m0/s1. The molecule has 2 saturated heterocycles. The highest BCUT2D eigenvalue weighted by atomic mass is 32.2. The van der Waals surface area contributed by atoms with Gasteiger partial charge in [-0.3, -0.25) is 4.90 Å². The zero-order chi connectivity index (χ0) is 17.4. The fourth-order valence-corrected chi connectivity index (χ4v) is 7.93. The SMILES string of the molecule is C[C@H]1C2C(S(=O)(=O)c3ccccc3)C3=CC(=O)O[C@]32C2CCCCN21. The first-order valence-corrected chi connectivity index (χ1v) is 10.5. The lowest BCUT2D eigenvalue weighted by Crippen LogP contribution is -2.65. The zero-order valence-corrected chi connectivity index (χ0v) is 14.9. The highest BCUT2D eigenvalue weighted by Crippen LogP contribution is 2.64. The molecule has 1 aromatic carbocycles. The minimum Gasteiger partial charge on any atom is -0.449 e. The van der Waals surface area contributed by atoms with E-state index in [0.717, 1.165) is 25.8 Å². The van der Waals surface area contributed by atoms with Gasteiger partial charge in [0.2, 0.25) is 0 Å². The minimum absolute atomic E-state index is 0.0943. The topological polar surface area (TPSA) is 63.7 Å². The Kier molecular flexibility index (Phi) is 3.08. The van der Waals surface area contributed by atoms with Gasteiger partial charge >= 0.3 is 5.97 Å². The van der Waals surface area contributed by atoms with E-state index in [0.29, 0.717) is 10.5 Å². The van der Waals surface area contributed by atoms with Gasteiger partial charge in [-0.05, 0) is 38.4 Å². The van der Waals surface area contributed by atoms with Crippen molar-refractivity contribution in [3.8, 4) is 0 Å². The van der Waals surface area contributed by atoms with Crippen LogP contribution in [-0.2, 0) is 19.4 Å². The lowest BCUT2D eigenvalue weighted by atomic mass is 9.62. The van der Waals surface area contributed by atoms with Crippen LogP contribution < -0.4 is 0 Å². The van der Waals surface area contributed by atoms with Gasteiger partial charge in [0.25, 0.3) is 0 Å². The summed E-state index contributed by atoms with van der Waals surface area (Å²) in [7, 11) is -3.54. The molecule has 3 fully saturated rings. The predicted molar refractivity (Wildman–Crippen MR) is 91.6 cm³/mol. The third-order valence-electron chi connectivity index (χ3n) is 6.61. The molecule has 1 spiro atoms. The Morgan fingerprint density at radius 1 is 1.20 bits per heavy atom. The number of hydrogen-bond acceptors (Lipinski definition) is 5. The van der Waals surface area contributed by atoms with Gasteiger partial charge in [-0.2, -0.15) is 0 Å². The van der Waals surface area contributed by atoms with Crippen molar-refractivity contribution in [3.05, 3.63) is 42.0 Å². The molecule has 0 amide bonds. The maximum atomic E-state index is 13.3. The molecule has 5 rings (SSSR count). The molecular formula is C19H21NO4S. The number of sulfone groups is 1. The Morgan fingerprint density at radius 3 is 2.72 bits per heavy atom. The smallest absolute Gasteiger partial charge is 0.331 e. The fourth-order valence-electron chi connectivity index (χ4n) is 5.70. The van der Waals surface area contributed by atoms with Crippen LogP contribution in [0.15, 0.2) is 46.9 Å². The Labute approximate surface area is 147 Å². The van der Waals surface area contributed by atoms with Gasteiger partial charge in [0.05, 0.1) is 16.2 Å². The van der Waals surface area contributed by atoms with E-state index >= 15 is 0 Å². The molecular weight excluding hydrogens is 338 g/mol. The van der Waals surface area contributed by atoms with Crippen LogP contribution in [0, 0.1) is 5.92 Å². The first kappa shape index (κ1) is 15.6. The molecule has 132 valence electrons. The number of carbonyl (C=O) groups is 1. The number of carbonyl (C=O) groups excluding carboxylic acids is 1. The van der Waals surface area contributed by atoms with Crippen LogP contribution in [-0.4, -0.2) is 48.8 Å². The van der Waals surface area contributed by atoms with Crippen LogP contribution in [0.3, 0.4) is 0 Å². The van der Waals surface area contributed by atoms with E-state index in [1.807, 2.05) is 6.07 Å². The van der Waals surface area contributed by atoms with Gasteiger partial charge in [0.1, 0.15) is 0 Å². The van der Waals surface area contributed by atoms with Crippen molar-refractivity contribution in [1.29, 1.82) is 0 Å². The number of benzene rings is 1. The van der Waals surface area contributed by atoms with Gasteiger partial charge < -0.3 is 4.74 Å². The summed E-state index contributed by atoms with van der Waals surface area (Å²) in [6, 6.07) is 8.79. The summed E-state index contributed by atoms with van der Waals surface area (Å²) < 4.78 is 32.5. The van der Waals surface area contributed by atoms with Crippen molar-refractivity contribution in [3.63, 3.8) is 0 Å². The predicted octanol–water partition coefficient (Wildman–Crippen LogP) is 1.94. The minimum atomic E-state index is -3.54. The van der Waals surface area contributed by atoms with Crippen LogP contribution in [0.1, 0.15) is 26.2 Å². The molecule has 5 nitrogen and oxygen atoms in total. The van der Waals surface area contributed by atoms with Gasteiger partial charge in [-0.15, -0.1) is 0 Å². The zero-order valence-electron chi connectivity index (χ0n) is 14.1. The summed E-state index contributed by atoms with van der Waals surface area (Å²) in [6.45, 7) is 3.04. The van der Waals surface area contributed by atoms with Crippen molar-refractivity contribution in [1.82, 2.24) is 4.90 Å². The normalized spacial score (nSPS) is 39.7. The quantitative estimate of drug-likeness (QED) is 0.755. The molecule has 3 aliphatic heterocycles. The van der Waals surface area contributed by atoms with Crippen molar-refractivity contribution >= 4 is 15.8 Å². The fraction of sp³-hybridized carbons (Fsp3) is 0.526. The molecule has 1 aromatic rings. The second-order valence-corrected chi connectivity index (χ2v) is 9.68. The van der Waals surface area contributed by atoms with E-state index in [9.17, 15) is 13.2 Å². The number of nitrogens with zero attached hydrogens (tertiary/aromatic N) is 1. The Bertz CT molecular complexity index is 878. The van der Waals surface area contributed by atoms with Crippen LogP contribution >= 0.6 is 0 Å². The summed E-state index contributed by atoms with van der Waals surface area (Å²) in [4.78, 5) is 14.8. The Morgan fingerprint density at radius 2 is 1.96 bits per heavy atom. The van der Waals surface area contributed by atoms with E-state index in [4.69, 9.17) is 4.74 Å². The summed E-state index contributed by atoms with van der Waals surface area (Å²) in [5.41, 5.74) is -0.0173. The summed E-state index contributed by atoms with van der Waals surface area (Å²) in [6.07, 6.45) is 4.63. The molecule has 0 radical (unpaired) electrons. The average Bonchev–Trinajstić information content (AvgIpc) is 2.99. The second-order valence-electron chi connectivity index (χ2n) is 7.61. The molecule has 0 bridgehead atoms. The van der Waals surface area contributed by atoms with E-state index in [-0.39, 0.29) is 24.0 Å². The first-order valence-electron chi connectivity index (χ1n) is 8.97. The number of esters is 1. The molecule has 6 heteroatoms. The molecule has 3 heterocycles. The van der Waals surface area contributed by atoms with Crippen LogP contribution in [0.2, 0.25) is 0 Å². The highest BCUT2D eigenvalue weighted by Gasteiger charge is 2.77. The molecule has 3 unspecified atom stereocenters. The van der Waals surface area contributed by atoms with Crippen molar-refractivity contribution in [2.75, 3.05) is 6.54 Å². The number of rotatable bonds is 2. The first-order chi connectivity index (χ1) is 12.0. The maximum Gasteiger partial charge on any atom is 0.331 e. The number of ether oxygens (including phenoxy) is 1. The van der Waals surface area contributed by atoms with E-state index in [1.165, 1.54) is 6.08 Å². The second kappa shape index (κ2) is 4.95. The van der Waals surface area contributed by atoms with E-state index < -0.39 is 20.7 Å². The molecule has 4 aliphatic rings. The van der Waals surface area contributed by atoms with Gasteiger partial charge in [0, 0.05) is 23.6 Å². The highest BCUT2D eigenvalue weighted by molar-refractivity contribution is 7.92. The van der Waals surface area contributed by atoms with Crippen molar-refractivity contribution in [2.24, 2.45) is 5.92 Å². The maximum absolute atomic E-state index is 13.3. The van der Waals surface area contributed by atoms with E-state index in [1.54, 1.807) is 24.3 Å². The van der Waals surface area contributed by atoms with Gasteiger partial charge in [-0.25, -0.2) is 13.2 Å². The van der Waals surface area contributed by atoms with Crippen molar-refractivity contribution in [2.45, 2.75) is 54.0 Å². The summed E-state index contributed by atoms with van der Waals surface area (Å²) in [5, 5.41) is -0.651. The Balaban J connectivity index is 1.64. The lowest BCUT2D eigenvalue weighted by molar-refractivity contribution is -0.156. The largest absolute Gasteiger partial charge is 0.449 e. The van der Waals surface area contributed by atoms with Crippen LogP contribution in [0.4, 0.5) is 0 Å². The molecule has 0 aromatic heterocycles. The summed E-state index contributed by atoms with van der Waals surface area (Å²) in [5.74, 6) is -0.566. The molecule has 5 atom stereocenters. The third kappa shape index (κ3) is 1.77. The molecule has 0 N–H and O–H groups in total. The van der Waals surface area contributed by atoms with Gasteiger partial charge in [-0.1, -0.05) is 24.6 Å². The Hall–Kier alpha value is -1.66. The number of piperidine rings is 1. The lowest BCUT2D eigenvalue weighted by Gasteiger charge is -2.51. The monoisotopic (exact) mass is 359 g/mol. The summed E-state index contributed by atoms with van der Waals surface area (Å²) >= 11 is 0. The van der Waals surface area contributed by atoms with Crippen LogP contribution in [0.5, 0.6) is 0 Å². The van der Waals surface area contributed by atoms with E-state index in [2.05, 4.69) is 11.8 Å². The molecule has 1 saturated carbocycles. The van der Waals surface area contributed by atoms with Crippen molar-refractivity contribution < 1.29 is 17.9 Å².